The fraction of sp³-hybridized carbons (Fsp3) is 0.500. The van der Waals surface area contributed by atoms with Gasteiger partial charge in [0, 0.05) is 18.4 Å². The molecule has 0 aliphatic carbocycles. The van der Waals surface area contributed by atoms with Crippen LogP contribution in [0.25, 0.3) is 0 Å². The summed E-state index contributed by atoms with van der Waals surface area (Å²) in [5.74, 6) is -2.51. The third-order valence-electron chi connectivity index (χ3n) is 3.17. The molecule has 1 aromatic heterocycles. The molecule has 20 heavy (non-hydrogen) atoms. The molecule has 0 aromatic carbocycles. The van der Waals surface area contributed by atoms with E-state index in [4.69, 9.17) is 0 Å². The van der Waals surface area contributed by atoms with Crippen LogP contribution in [0, 0.1) is 0 Å². The average molecular weight is 289 g/mol. The highest BCUT2D eigenvalue weighted by Gasteiger charge is 2.47. The van der Waals surface area contributed by atoms with Gasteiger partial charge >= 0.3 is 12.1 Å². The summed E-state index contributed by atoms with van der Waals surface area (Å²) in [6.07, 6.45) is -2.63. The third-order valence-corrected chi connectivity index (χ3v) is 3.17. The Hall–Kier alpha value is -1.99. The molecule has 2 heterocycles. The van der Waals surface area contributed by atoms with Gasteiger partial charge in [-0.15, -0.1) is 0 Å². The molecule has 2 rings (SSSR count). The van der Waals surface area contributed by atoms with Crippen LogP contribution in [0.3, 0.4) is 0 Å². The molecule has 0 saturated carbocycles. The smallest absolute Gasteiger partial charge is 0.364 e. The van der Waals surface area contributed by atoms with Crippen molar-refractivity contribution in [1.29, 1.82) is 0 Å². The Morgan fingerprint density at radius 1 is 1.45 bits per heavy atom. The number of H-pyrrole nitrogens is 1. The maximum atomic E-state index is 12.4. The summed E-state index contributed by atoms with van der Waals surface area (Å²) in [6, 6.07) is 2.45. The number of nitrogens with one attached hydrogen (secondary N) is 2. The van der Waals surface area contributed by atoms with Gasteiger partial charge in [0.1, 0.15) is 6.04 Å². The van der Waals surface area contributed by atoms with E-state index in [0.717, 1.165) is 5.69 Å². The Labute approximate surface area is 113 Å². The molecular formula is C12H14F3N3O2. The standard InChI is InChI=1S/C12H14F3N3O2/c13-12(14,15)11(20)18-6-2-4-9(18)10(19)17-7-8-3-1-5-16-8/h1,3,5,9,16H,2,4,6-7H2,(H,17,19). The minimum Gasteiger partial charge on any atom is -0.364 e. The lowest BCUT2D eigenvalue weighted by molar-refractivity contribution is -0.186. The predicted octanol–water partition coefficient (Wildman–Crippen LogP) is 1.18. The molecule has 0 bridgehead atoms. The molecule has 0 spiro atoms. The van der Waals surface area contributed by atoms with Crippen molar-refractivity contribution in [3.05, 3.63) is 24.0 Å². The summed E-state index contributed by atoms with van der Waals surface area (Å²) in [4.78, 5) is 26.6. The van der Waals surface area contributed by atoms with Gasteiger partial charge in [0.05, 0.1) is 6.54 Å². The number of nitrogens with zero attached hydrogens (tertiary/aromatic N) is 1. The predicted molar refractivity (Wildman–Crippen MR) is 63.4 cm³/mol. The normalized spacial score (nSPS) is 19.1. The van der Waals surface area contributed by atoms with Crippen LogP contribution < -0.4 is 5.32 Å². The zero-order valence-electron chi connectivity index (χ0n) is 10.5. The van der Waals surface area contributed by atoms with E-state index in [2.05, 4.69) is 10.3 Å². The van der Waals surface area contributed by atoms with Crippen LogP contribution >= 0.6 is 0 Å². The monoisotopic (exact) mass is 289 g/mol. The number of carbonyl (C=O) groups is 2. The molecule has 1 aliphatic heterocycles. The largest absolute Gasteiger partial charge is 0.471 e. The molecule has 8 heteroatoms. The summed E-state index contributed by atoms with van der Waals surface area (Å²) in [5.41, 5.74) is 0.741. The van der Waals surface area contributed by atoms with Crippen LogP contribution in [0.2, 0.25) is 0 Å². The number of amides is 2. The molecule has 1 aromatic rings. The minimum absolute atomic E-state index is 0.0427. The van der Waals surface area contributed by atoms with Gasteiger partial charge in [-0.25, -0.2) is 0 Å². The molecule has 2 N–H and O–H groups in total. The second kappa shape index (κ2) is 5.56. The van der Waals surface area contributed by atoms with Crippen LogP contribution in [-0.4, -0.2) is 40.5 Å². The van der Waals surface area contributed by atoms with Crippen molar-refractivity contribution < 1.29 is 22.8 Å². The molecule has 1 atom stereocenters. The molecule has 1 saturated heterocycles. The van der Waals surface area contributed by atoms with Gasteiger partial charge in [-0.2, -0.15) is 13.2 Å². The first-order valence-corrected chi connectivity index (χ1v) is 6.17. The third kappa shape index (κ3) is 3.12. The lowest BCUT2D eigenvalue weighted by Crippen LogP contribution is -2.50. The maximum Gasteiger partial charge on any atom is 0.471 e. The molecular weight excluding hydrogens is 275 g/mol. The summed E-state index contributed by atoms with van der Waals surface area (Å²) in [6.45, 7) is 0.148. The van der Waals surface area contributed by atoms with Crippen molar-refractivity contribution in [2.75, 3.05) is 6.54 Å². The number of aromatic nitrogens is 1. The van der Waals surface area contributed by atoms with E-state index in [0.29, 0.717) is 11.3 Å². The first-order chi connectivity index (χ1) is 9.39. The van der Waals surface area contributed by atoms with Gasteiger partial charge in [-0.1, -0.05) is 0 Å². The van der Waals surface area contributed by atoms with Crippen LogP contribution in [-0.2, 0) is 16.1 Å². The number of aromatic amines is 1. The van der Waals surface area contributed by atoms with E-state index in [1.165, 1.54) is 0 Å². The number of hydrogen-bond donors (Lipinski definition) is 2. The number of carbonyl (C=O) groups excluding carboxylic acids is 2. The second-order valence-corrected chi connectivity index (χ2v) is 4.57. The summed E-state index contributed by atoms with van der Waals surface area (Å²) in [5, 5.41) is 2.53. The van der Waals surface area contributed by atoms with Crippen molar-refractivity contribution >= 4 is 11.8 Å². The van der Waals surface area contributed by atoms with Crippen molar-refractivity contribution in [1.82, 2.24) is 15.2 Å². The topological polar surface area (TPSA) is 65.2 Å². The first kappa shape index (κ1) is 14.4. The van der Waals surface area contributed by atoms with Crippen molar-refractivity contribution in [3.63, 3.8) is 0 Å². The molecule has 110 valence electrons. The summed E-state index contributed by atoms with van der Waals surface area (Å²) < 4.78 is 37.3. The second-order valence-electron chi connectivity index (χ2n) is 4.57. The lowest BCUT2D eigenvalue weighted by atomic mass is 10.2. The van der Waals surface area contributed by atoms with Gasteiger partial charge in [-0.05, 0) is 25.0 Å². The molecule has 0 radical (unpaired) electrons. The van der Waals surface area contributed by atoms with E-state index in [1.807, 2.05) is 0 Å². The number of halogens is 3. The maximum absolute atomic E-state index is 12.4. The minimum atomic E-state index is -4.94. The summed E-state index contributed by atoms with van der Waals surface area (Å²) in [7, 11) is 0. The van der Waals surface area contributed by atoms with Gasteiger partial charge < -0.3 is 15.2 Å². The van der Waals surface area contributed by atoms with E-state index in [1.54, 1.807) is 18.3 Å². The van der Waals surface area contributed by atoms with Crippen molar-refractivity contribution in [3.8, 4) is 0 Å². The van der Waals surface area contributed by atoms with E-state index in [-0.39, 0.29) is 19.5 Å². The van der Waals surface area contributed by atoms with Gasteiger partial charge in [-0.3, -0.25) is 9.59 Å². The number of likely N-dealkylation sites (tertiary alicyclic amines) is 1. The highest BCUT2D eigenvalue weighted by Crippen LogP contribution is 2.25. The number of hydrogen-bond acceptors (Lipinski definition) is 2. The Balaban J connectivity index is 1.96. The van der Waals surface area contributed by atoms with Gasteiger partial charge in [0.25, 0.3) is 0 Å². The van der Waals surface area contributed by atoms with E-state index < -0.39 is 24.0 Å². The zero-order chi connectivity index (χ0) is 14.8. The van der Waals surface area contributed by atoms with Crippen molar-refractivity contribution in [2.45, 2.75) is 31.6 Å². The summed E-state index contributed by atoms with van der Waals surface area (Å²) >= 11 is 0. The fourth-order valence-corrected chi connectivity index (χ4v) is 2.22. The molecule has 1 unspecified atom stereocenters. The Kier molecular flexibility index (Phi) is 4.01. The Bertz CT molecular complexity index is 485. The quantitative estimate of drug-likeness (QED) is 0.877. The number of rotatable bonds is 3. The van der Waals surface area contributed by atoms with Crippen LogP contribution in [0.4, 0.5) is 13.2 Å². The molecule has 1 aliphatic rings. The van der Waals surface area contributed by atoms with Crippen LogP contribution in [0.15, 0.2) is 18.3 Å². The highest BCUT2D eigenvalue weighted by atomic mass is 19.4. The Morgan fingerprint density at radius 2 is 2.20 bits per heavy atom. The molecule has 1 fully saturated rings. The highest BCUT2D eigenvalue weighted by molar-refractivity contribution is 5.90. The van der Waals surface area contributed by atoms with E-state index in [9.17, 15) is 22.8 Å². The van der Waals surface area contributed by atoms with E-state index >= 15 is 0 Å². The first-order valence-electron chi connectivity index (χ1n) is 6.17. The zero-order valence-corrected chi connectivity index (χ0v) is 10.5. The SMILES string of the molecule is O=C(NCc1ccc[nH]1)C1CCCN1C(=O)C(F)(F)F. The number of alkyl halides is 3. The van der Waals surface area contributed by atoms with Crippen molar-refractivity contribution in [2.24, 2.45) is 0 Å². The lowest BCUT2D eigenvalue weighted by Gasteiger charge is -2.24. The molecule has 5 nitrogen and oxygen atoms in total. The van der Waals surface area contributed by atoms with Gasteiger partial charge in [0.2, 0.25) is 5.91 Å². The molecule has 2 amide bonds. The van der Waals surface area contributed by atoms with Gasteiger partial charge in [0.15, 0.2) is 0 Å². The fourth-order valence-electron chi connectivity index (χ4n) is 2.22. The average Bonchev–Trinajstić information content (AvgIpc) is 3.04. The van der Waals surface area contributed by atoms with Crippen LogP contribution in [0.1, 0.15) is 18.5 Å². The van der Waals surface area contributed by atoms with Crippen LogP contribution in [0.5, 0.6) is 0 Å². The Morgan fingerprint density at radius 3 is 2.80 bits per heavy atom.